The Kier molecular flexibility index (Phi) is 3.14. The first-order chi connectivity index (χ1) is 9.68. The molecule has 0 spiro atoms. The van der Waals surface area contributed by atoms with Crippen LogP contribution in [-0.2, 0) is 6.42 Å². The maximum Gasteiger partial charge on any atom is 0.320 e. The molecule has 4 nitrogen and oxygen atoms in total. The SMILES string of the molecule is CN(C(=O)c1cccc[n+]1[O-])C1CCc2ccccc21. The Morgan fingerprint density at radius 3 is 2.80 bits per heavy atom. The summed E-state index contributed by atoms with van der Waals surface area (Å²) in [5.74, 6) is -0.234. The van der Waals surface area contributed by atoms with Gasteiger partial charge in [-0.15, -0.1) is 0 Å². The standard InChI is InChI=1S/C16H16N2O2/c1-17(16(19)15-8-4-5-11-18(15)20)14-10-9-12-6-2-3-7-13(12)14/h2-8,11,14H,9-10H2,1H3. The topological polar surface area (TPSA) is 47.2 Å². The highest BCUT2D eigenvalue weighted by Crippen LogP contribution is 2.35. The molecular formula is C16H16N2O2. The van der Waals surface area contributed by atoms with Gasteiger partial charge >= 0.3 is 5.91 Å². The molecule has 2 aromatic rings. The third kappa shape index (κ3) is 2.03. The number of aromatic nitrogens is 1. The van der Waals surface area contributed by atoms with E-state index >= 15 is 0 Å². The second-order valence-electron chi connectivity index (χ2n) is 5.08. The summed E-state index contributed by atoms with van der Waals surface area (Å²) in [6.45, 7) is 0. The number of hydrogen-bond donors (Lipinski definition) is 0. The van der Waals surface area contributed by atoms with Crippen molar-refractivity contribution in [2.45, 2.75) is 18.9 Å². The molecule has 1 aromatic carbocycles. The number of pyridine rings is 1. The van der Waals surface area contributed by atoms with Gasteiger partial charge in [-0.1, -0.05) is 24.3 Å². The molecule has 1 aliphatic rings. The maximum absolute atomic E-state index is 12.5. The van der Waals surface area contributed by atoms with Gasteiger partial charge in [-0.3, -0.25) is 4.79 Å². The summed E-state index contributed by atoms with van der Waals surface area (Å²) >= 11 is 0. The molecule has 0 N–H and O–H groups in total. The van der Waals surface area contributed by atoms with E-state index in [1.54, 1.807) is 30.1 Å². The van der Waals surface area contributed by atoms with Crippen molar-refractivity contribution in [2.24, 2.45) is 0 Å². The number of amides is 1. The molecule has 0 fully saturated rings. The second kappa shape index (κ2) is 4.96. The number of carbonyl (C=O) groups is 1. The molecule has 0 saturated carbocycles. The highest BCUT2D eigenvalue weighted by molar-refractivity contribution is 5.91. The van der Waals surface area contributed by atoms with E-state index in [9.17, 15) is 10.0 Å². The van der Waals surface area contributed by atoms with Gasteiger partial charge < -0.3 is 10.1 Å². The van der Waals surface area contributed by atoms with Crippen LogP contribution in [0.25, 0.3) is 0 Å². The Morgan fingerprint density at radius 1 is 1.25 bits per heavy atom. The number of benzene rings is 1. The predicted octanol–water partition coefficient (Wildman–Crippen LogP) is 2.08. The van der Waals surface area contributed by atoms with Crippen LogP contribution in [0, 0.1) is 5.21 Å². The molecular weight excluding hydrogens is 252 g/mol. The lowest BCUT2D eigenvalue weighted by molar-refractivity contribution is -0.608. The second-order valence-corrected chi connectivity index (χ2v) is 5.08. The molecule has 1 amide bonds. The average molecular weight is 268 g/mol. The van der Waals surface area contributed by atoms with E-state index in [4.69, 9.17) is 0 Å². The van der Waals surface area contributed by atoms with Crippen LogP contribution in [0.3, 0.4) is 0 Å². The van der Waals surface area contributed by atoms with Crippen molar-refractivity contribution in [3.8, 4) is 0 Å². The van der Waals surface area contributed by atoms with Gasteiger partial charge in [-0.05, 0) is 30.0 Å². The predicted molar refractivity (Wildman–Crippen MR) is 75.0 cm³/mol. The van der Waals surface area contributed by atoms with E-state index in [0.29, 0.717) is 4.73 Å². The Morgan fingerprint density at radius 2 is 2.00 bits per heavy atom. The minimum atomic E-state index is -0.234. The monoisotopic (exact) mass is 268 g/mol. The number of aryl methyl sites for hydroxylation is 1. The van der Waals surface area contributed by atoms with E-state index in [1.807, 2.05) is 12.1 Å². The van der Waals surface area contributed by atoms with Gasteiger partial charge in [0.05, 0.1) is 6.04 Å². The largest absolute Gasteiger partial charge is 0.618 e. The van der Waals surface area contributed by atoms with Gasteiger partial charge in [0.1, 0.15) is 0 Å². The van der Waals surface area contributed by atoms with Crippen molar-refractivity contribution in [1.29, 1.82) is 0 Å². The van der Waals surface area contributed by atoms with Crippen LogP contribution in [0.2, 0.25) is 0 Å². The Balaban J connectivity index is 1.89. The van der Waals surface area contributed by atoms with Crippen LogP contribution < -0.4 is 4.73 Å². The minimum Gasteiger partial charge on any atom is -0.618 e. The molecule has 3 rings (SSSR count). The molecule has 4 heteroatoms. The van der Waals surface area contributed by atoms with Crippen LogP contribution in [0.1, 0.15) is 34.1 Å². The van der Waals surface area contributed by atoms with E-state index in [1.165, 1.54) is 17.3 Å². The van der Waals surface area contributed by atoms with Crippen molar-refractivity contribution >= 4 is 5.91 Å². The molecule has 1 aromatic heterocycles. The summed E-state index contributed by atoms with van der Waals surface area (Å²) in [5.41, 5.74) is 2.65. The molecule has 1 atom stereocenters. The summed E-state index contributed by atoms with van der Waals surface area (Å²) in [5, 5.41) is 11.7. The lowest BCUT2D eigenvalue weighted by Crippen LogP contribution is -2.40. The first-order valence-corrected chi connectivity index (χ1v) is 6.71. The summed E-state index contributed by atoms with van der Waals surface area (Å²) in [4.78, 5) is 14.1. The van der Waals surface area contributed by atoms with Gasteiger partial charge in [0.2, 0.25) is 0 Å². The molecule has 20 heavy (non-hydrogen) atoms. The fourth-order valence-corrected chi connectivity index (χ4v) is 2.85. The summed E-state index contributed by atoms with van der Waals surface area (Å²) in [6.07, 6.45) is 3.24. The molecule has 1 unspecified atom stereocenters. The van der Waals surface area contributed by atoms with Gasteiger partial charge in [-0.2, -0.15) is 4.73 Å². The van der Waals surface area contributed by atoms with Crippen molar-refractivity contribution in [1.82, 2.24) is 4.90 Å². The maximum atomic E-state index is 12.5. The van der Waals surface area contributed by atoms with Crippen LogP contribution in [-0.4, -0.2) is 17.9 Å². The fourth-order valence-electron chi connectivity index (χ4n) is 2.85. The summed E-state index contributed by atoms with van der Waals surface area (Å²) in [7, 11) is 1.77. The summed E-state index contributed by atoms with van der Waals surface area (Å²) < 4.78 is 0.625. The van der Waals surface area contributed by atoms with E-state index in [2.05, 4.69) is 12.1 Å². The zero-order valence-corrected chi connectivity index (χ0v) is 11.3. The molecule has 0 bridgehead atoms. The van der Waals surface area contributed by atoms with E-state index in [-0.39, 0.29) is 17.6 Å². The molecule has 1 heterocycles. The zero-order chi connectivity index (χ0) is 14.1. The smallest absolute Gasteiger partial charge is 0.320 e. The van der Waals surface area contributed by atoms with Crippen molar-refractivity contribution in [2.75, 3.05) is 7.05 Å². The van der Waals surface area contributed by atoms with Gasteiger partial charge in [0.15, 0.2) is 6.20 Å². The van der Waals surface area contributed by atoms with Gasteiger partial charge in [0, 0.05) is 19.2 Å². The van der Waals surface area contributed by atoms with Crippen LogP contribution in [0.5, 0.6) is 0 Å². The number of fused-ring (bicyclic) bond motifs is 1. The lowest BCUT2D eigenvalue weighted by atomic mass is 10.1. The first-order valence-electron chi connectivity index (χ1n) is 6.71. The van der Waals surface area contributed by atoms with E-state index in [0.717, 1.165) is 12.8 Å². The number of nitrogens with zero attached hydrogens (tertiary/aromatic N) is 2. The fraction of sp³-hybridized carbons (Fsp3) is 0.250. The zero-order valence-electron chi connectivity index (χ0n) is 11.3. The van der Waals surface area contributed by atoms with Crippen LogP contribution >= 0.6 is 0 Å². The third-order valence-electron chi connectivity index (χ3n) is 3.93. The molecule has 102 valence electrons. The third-order valence-corrected chi connectivity index (χ3v) is 3.93. The highest BCUT2D eigenvalue weighted by atomic mass is 16.5. The number of hydrogen-bond acceptors (Lipinski definition) is 2. The lowest BCUT2D eigenvalue weighted by Gasteiger charge is -2.24. The van der Waals surface area contributed by atoms with Gasteiger partial charge in [-0.25, -0.2) is 0 Å². The summed E-state index contributed by atoms with van der Waals surface area (Å²) in [6, 6.07) is 13.1. The average Bonchev–Trinajstić information content (AvgIpc) is 2.90. The quantitative estimate of drug-likeness (QED) is 0.618. The number of carbonyl (C=O) groups excluding carboxylic acids is 1. The molecule has 0 radical (unpaired) electrons. The Bertz CT molecular complexity index is 654. The normalized spacial score (nSPS) is 16.8. The minimum absolute atomic E-state index is 0.0545. The van der Waals surface area contributed by atoms with Crippen LogP contribution in [0.15, 0.2) is 48.7 Å². The van der Waals surface area contributed by atoms with E-state index < -0.39 is 0 Å². The first kappa shape index (κ1) is 12.7. The highest BCUT2D eigenvalue weighted by Gasteiger charge is 2.31. The molecule has 0 saturated heterocycles. The van der Waals surface area contributed by atoms with Gasteiger partial charge in [0.25, 0.3) is 5.69 Å². The molecule has 0 aliphatic heterocycles. The molecule has 1 aliphatic carbocycles. The Labute approximate surface area is 117 Å². The van der Waals surface area contributed by atoms with Crippen LogP contribution in [0.4, 0.5) is 0 Å². The van der Waals surface area contributed by atoms with Crippen molar-refractivity contribution < 1.29 is 9.52 Å². The van der Waals surface area contributed by atoms with Crippen molar-refractivity contribution in [3.05, 3.63) is 70.7 Å². The van der Waals surface area contributed by atoms with Crippen molar-refractivity contribution in [3.63, 3.8) is 0 Å². The number of rotatable bonds is 2. The Hall–Kier alpha value is -2.36.